The molecule has 2 unspecified atom stereocenters. The summed E-state index contributed by atoms with van der Waals surface area (Å²) in [7, 11) is 0. The third kappa shape index (κ3) is 8.70. The van der Waals surface area contributed by atoms with Crippen LogP contribution in [0.1, 0.15) is 49.4 Å². The highest BCUT2D eigenvalue weighted by Crippen LogP contribution is 2.19. The first-order valence-electron chi connectivity index (χ1n) is 11.8. The third-order valence-electron chi connectivity index (χ3n) is 5.54. The van der Waals surface area contributed by atoms with E-state index in [1.54, 1.807) is 6.20 Å². The lowest BCUT2D eigenvalue weighted by Gasteiger charge is -2.21. The Labute approximate surface area is 197 Å². The van der Waals surface area contributed by atoms with Gasteiger partial charge in [0.1, 0.15) is 5.75 Å². The summed E-state index contributed by atoms with van der Waals surface area (Å²) in [5, 5.41) is 6.65. The van der Waals surface area contributed by atoms with Gasteiger partial charge in [-0.1, -0.05) is 68.8 Å². The van der Waals surface area contributed by atoms with Crippen LogP contribution in [0.4, 0.5) is 0 Å². The van der Waals surface area contributed by atoms with Crippen molar-refractivity contribution in [3.05, 3.63) is 95.8 Å². The molecule has 1 heterocycles. The fourth-order valence-corrected chi connectivity index (χ4v) is 3.75. The lowest BCUT2D eigenvalue weighted by Crippen LogP contribution is -2.36. The lowest BCUT2D eigenvalue weighted by molar-refractivity contribution is -0.121. The van der Waals surface area contributed by atoms with Gasteiger partial charge in [-0.3, -0.25) is 9.78 Å². The molecule has 2 atom stereocenters. The van der Waals surface area contributed by atoms with Crippen molar-refractivity contribution in [3.63, 3.8) is 0 Å². The molecule has 0 fully saturated rings. The van der Waals surface area contributed by atoms with Crippen LogP contribution < -0.4 is 15.4 Å². The minimum absolute atomic E-state index is 0.00287. The molecule has 3 rings (SSSR count). The standard InChI is InChI=1S/C28H35N3O2/c1-3-8-22(2)21-33-26-14-12-25(13-15-26)27(20-30-19-24-11-7-16-29-18-24)31-28(32)17-23-9-5-4-6-10-23/h4-7,9-16,18,22,27,30H,3,8,17,19-21H2,1-2H3,(H,31,32). The molecule has 0 saturated carbocycles. The predicted molar refractivity (Wildman–Crippen MR) is 133 cm³/mol. The maximum atomic E-state index is 12.8. The summed E-state index contributed by atoms with van der Waals surface area (Å²) in [4.78, 5) is 16.9. The van der Waals surface area contributed by atoms with Gasteiger partial charge in [-0.2, -0.15) is 0 Å². The Morgan fingerprint density at radius 3 is 2.45 bits per heavy atom. The molecule has 0 aliphatic rings. The Morgan fingerprint density at radius 1 is 1.00 bits per heavy atom. The van der Waals surface area contributed by atoms with E-state index >= 15 is 0 Å². The first kappa shape index (κ1) is 24.5. The Hall–Kier alpha value is -3.18. The van der Waals surface area contributed by atoms with Crippen molar-refractivity contribution in [1.82, 2.24) is 15.6 Å². The first-order valence-corrected chi connectivity index (χ1v) is 11.8. The van der Waals surface area contributed by atoms with Crippen LogP contribution in [-0.2, 0) is 17.8 Å². The van der Waals surface area contributed by atoms with Gasteiger partial charge in [0.15, 0.2) is 0 Å². The smallest absolute Gasteiger partial charge is 0.224 e. The highest BCUT2D eigenvalue weighted by atomic mass is 16.5. The Balaban J connectivity index is 1.62. The summed E-state index contributed by atoms with van der Waals surface area (Å²) < 4.78 is 5.94. The molecule has 1 aromatic heterocycles. The maximum absolute atomic E-state index is 12.8. The molecule has 0 bridgehead atoms. The highest BCUT2D eigenvalue weighted by molar-refractivity contribution is 5.79. The summed E-state index contributed by atoms with van der Waals surface area (Å²) in [5.74, 6) is 1.40. The summed E-state index contributed by atoms with van der Waals surface area (Å²) >= 11 is 0. The van der Waals surface area contributed by atoms with Gasteiger partial charge < -0.3 is 15.4 Å². The summed E-state index contributed by atoms with van der Waals surface area (Å²) in [6.45, 7) is 6.43. The molecule has 5 heteroatoms. The molecular weight excluding hydrogens is 410 g/mol. The average Bonchev–Trinajstić information content (AvgIpc) is 2.84. The highest BCUT2D eigenvalue weighted by Gasteiger charge is 2.15. The molecule has 0 aliphatic carbocycles. The van der Waals surface area contributed by atoms with Crippen LogP contribution >= 0.6 is 0 Å². The molecular formula is C28H35N3O2. The number of carbonyl (C=O) groups excluding carboxylic acids is 1. The number of aromatic nitrogens is 1. The number of benzene rings is 2. The normalized spacial score (nSPS) is 12.7. The van der Waals surface area contributed by atoms with E-state index in [4.69, 9.17) is 4.74 Å². The van der Waals surface area contributed by atoms with E-state index < -0.39 is 0 Å². The van der Waals surface area contributed by atoms with E-state index in [-0.39, 0.29) is 11.9 Å². The van der Waals surface area contributed by atoms with Gasteiger partial charge in [0.05, 0.1) is 19.1 Å². The van der Waals surface area contributed by atoms with E-state index in [2.05, 4.69) is 29.5 Å². The first-order chi connectivity index (χ1) is 16.1. The largest absolute Gasteiger partial charge is 0.493 e. The molecule has 33 heavy (non-hydrogen) atoms. The fourth-order valence-electron chi connectivity index (χ4n) is 3.75. The van der Waals surface area contributed by atoms with Crippen molar-refractivity contribution in [1.29, 1.82) is 0 Å². The van der Waals surface area contributed by atoms with Crippen molar-refractivity contribution in [2.75, 3.05) is 13.2 Å². The van der Waals surface area contributed by atoms with Gasteiger partial charge >= 0.3 is 0 Å². The zero-order valence-corrected chi connectivity index (χ0v) is 19.7. The monoisotopic (exact) mass is 445 g/mol. The Morgan fingerprint density at radius 2 is 1.76 bits per heavy atom. The molecule has 2 aromatic carbocycles. The molecule has 0 saturated heterocycles. The van der Waals surface area contributed by atoms with Crippen LogP contribution in [0.5, 0.6) is 5.75 Å². The molecule has 3 aromatic rings. The van der Waals surface area contributed by atoms with Gasteiger partial charge in [0.2, 0.25) is 5.91 Å². The van der Waals surface area contributed by atoms with Gasteiger partial charge in [0.25, 0.3) is 0 Å². The fraction of sp³-hybridized carbons (Fsp3) is 0.357. The van der Waals surface area contributed by atoms with Crippen LogP contribution in [0.15, 0.2) is 79.1 Å². The second-order valence-electron chi connectivity index (χ2n) is 8.55. The zero-order valence-electron chi connectivity index (χ0n) is 19.7. The lowest BCUT2D eigenvalue weighted by atomic mass is 10.1. The van der Waals surface area contributed by atoms with Crippen molar-refractivity contribution < 1.29 is 9.53 Å². The number of pyridine rings is 1. The van der Waals surface area contributed by atoms with Crippen LogP contribution in [0, 0.1) is 5.92 Å². The third-order valence-corrected chi connectivity index (χ3v) is 5.54. The van der Waals surface area contributed by atoms with E-state index in [9.17, 15) is 4.79 Å². The SMILES string of the molecule is CCCC(C)COc1ccc(C(CNCc2cccnc2)NC(=O)Cc2ccccc2)cc1. The van der Waals surface area contributed by atoms with Gasteiger partial charge in [-0.15, -0.1) is 0 Å². The summed E-state index contributed by atoms with van der Waals surface area (Å²) in [5.41, 5.74) is 3.16. The second-order valence-corrected chi connectivity index (χ2v) is 8.55. The number of nitrogens with zero attached hydrogens (tertiary/aromatic N) is 1. The topological polar surface area (TPSA) is 63.2 Å². The molecule has 2 N–H and O–H groups in total. The van der Waals surface area contributed by atoms with Crippen molar-refractivity contribution >= 4 is 5.91 Å². The van der Waals surface area contributed by atoms with Crippen molar-refractivity contribution in [2.45, 2.75) is 45.7 Å². The van der Waals surface area contributed by atoms with Crippen LogP contribution in [0.2, 0.25) is 0 Å². The number of hydrogen-bond donors (Lipinski definition) is 2. The molecule has 0 aliphatic heterocycles. The minimum atomic E-state index is -0.147. The van der Waals surface area contributed by atoms with Crippen LogP contribution in [0.25, 0.3) is 0 Å². The van der Waals surface area contributed by atoms with Crippen LogP contribution in [0.3, 0.4) is 0 Å². The molecule has 174 valence electrons. The quantitative estimate of drug-likeness (QED) is 0.385. The summed E-state index contributed by atoms with van der Waals surface area (Å²) in [6, 6.07) is 21.7. The Bertz CT molecular complexity index is 946. The van der Waals surface area contributed by atoms with Crippen molar-refractivity contribution in [2.24, 2.45) is 5.92 Å². The van der Waals surface area contributed by atoms with E-state index in [0.29, 0.717) is 25.4 Å². The average molecular weight is 446 g/mol. The number of hydrogen-bond acceptors (Lipinski definition) is 4. The van der Waals surface area contributed by atoms with Crippen molar-refractivity contribution in [3.8, 4) is 5.75 Å². The van der Waals surface area contributed by atoms with E-state index in [1.807, 2.05) is 72.9 Å². The van der Waals surface area contributed by atoms with Gasteiger partial charge in [-0.25, -0.2) is 0 Å². The number of rotatable bonds is 13. The number of ether oxygens (including phenoxy) is 1. The zero-order chi connectivity index (χ0) is 23.3. The van der Waals surface area contributed by atoms with E-state index in [1.165, 1.54) is 6.42 Å². The van der Waals surface area contributed by atoms with Crippen LogP contribution in [-0.4, -0.2) is 24.0 Å². The molecule has 0 radical (unpaired) electrons. The maximum Gasteiger partial charge on any atom is 0.224 e. The molecule has 5 nitrogen and oxygen atoms in total. The molecule has 0 spiro atoms. The molecule has 1 amide bonds. The Kier molecular flexibility index (Phi) is 9.92. The number of amides is 1. The second kappa shape index (κ2) is 13.4. The number of carbonyl (C=O) groups is 1. The van der Waals surface area contributed by atoms with Gasteiger partial charge in [-0.05, 0) is 47.2 Å². The van der Waals surface area contributed by atoms with E-state index in [0.717, 1.165) is 35.5 Å². The summed E-state index contributed by atoms with van der Waals surface area (Å²) in [6.07, 6.45) is 6.30. The minimum Gasteiger partial charge on any atom is -0.493 e. The predicted octanol–water partition coefficient (Wildman–Crippen LogP) is 5.09. The number of nitrogens with one attached hydrogen (secondary N) is 2. The van der Waals surface area contributed by atoms with Gasteiger partial charge in [0, 0.05) is 25.5 Å².